The van der Waals surface area contributed by atoms with Gasteiger partial charge in [0.05, 0.1) is 17.4 Å². The third-order valence-corrected chi connectivity index (χ3v) is 7.41. The third-order valence-electron chi connectivity index (χ3n) is 6.50. The number of rotatable bonds is 10. The van der Waals surface area contributed by atoms with Crippen LogP contribution in [-0.4, -0.2) is 26.5 Å². The summed E-state index contributed by atoms with van der Waals surface area (Å²) in [5.74, 6) is -0.175. The van der Waals surface area contributed by atoms with Crippen molar-refractivity contribution < 1.29 is 4.39 Å². The molecule has 4 N–H and O–H groups in total. The first-order valence-corrected chi connectivity index (χ1v) is 13.6. The third kappa shape index (κ3) is 5.54. The number of aromatic amines is 1. The Morgan fingerprint density at radius 3 is 2.70 bits per heavy atom. The van der Waals surface area contributed by atoms with Crippen LogP contribution >= 0.6 is 11.3 Å². The van der Waals surface area contributed by atoms with Gasteiger partial charge in [-0.15, -0.1) is 11.3 Å². The van der Waals surface area contributed by atoms with E-state index in [9.17, 15) is 0 Å². The van der Waals surface area contributed by atoms with E-state index in [0.29, 0.717) is 35.7 Å². The molecule has 5 aromatic rings. The van der Waals surface area contributed by atoms with Gasteiger partial charge in [0.2, 0.25) is 0 Å². The molecule has 1 aromatic carbocycles. The number of aromatic nitrogens is 4. The Labute approximate surface area is 236 Å². The Kier molecular flexibility index (Phi) is 8.10. The summed E-state index contributed by atoms with van der Waals surface area (Å²) in [6, 6.07) is 16.1. The lowest BCUT2D eigenvalue weighted by Gasteiger charge is -2.13. The van der Waals surface area contributed by atoms with E-state index in [0.717, 1.165) is 21.5 Å². The van der Waals surface area contributed by atoms with Crippen LogP contribution < -0.4 is 11.1 Å². The number of pyridine rings is 2. The van der Waals surface area contributed by atoms with Gasteiger partial charge in [0, 0.05) is 40.9 Å². The number of nitrogen functional groups attached to an aromatic ring is 1. The summed E-state index contributed by atoms with van der Waals surface area (Å²) in [6.45, 7) is 11.2. The molecule has 40 heavy (non-hydrogen) atoms. The number of nitrogens with two attached hydrogens (primary N) is 1. The minimum Gasteiger partial charge on any atom is -0.397 e. The summed E-state index contributed by atoms with van der Waals surface area (Å²) in [6.07, 6.45) is 8.60. The molecule has 4 aromatic heterocycles. The van der Waals surface area contributed by atoms with Gasteiger partial charge in [-0.05, 0) is 47.2 Å². The van der Waals surface area contributed by atoms with Gasteiger partial charge in [-0.2, -0.15) is 0 Å². The van der Waals surface area contributed by atoms with Crippen molar-refractivity contribution in [3.63, 3.8) is 0 Å². The van der Waals surface area contributed by atoms with Crippen LogP contribution in [0.4, 0.5) is 10.1 Å². The summed E-state index contributed by atoms with van der Waals surface area (Å²) >= 11 is 1.62. The Hall–Kier alpha value is -4.66. The predicted molar refractivity (Wildman–Crippen MR) is 164 cm³/mol. The Bertz CT molecular complexity index is 1730. The quantitative estimate of drug-likeness (QED) is 0.161. The van der Waals surface area contributed by atoms with Crippen molar-refractivity contribution in [2.24, 2.45) is 0 Å². The minimum atomic E-state index is -0.568. The summed E-state index contributed by atoms with van der Waals surface area (Å²) in [5, 5.41) is 5.41. The first-order chi connectivity index (χ1) is 19.5. The highest BCUT2D eigenvalue weighted by molar-refractivity contribution is 7.13. The van der Waals surface area contributed by atoms with Crippen LogP contribution in [0, 0.1) is 5.82 Å². The van der Waals surface area contributed by atoms with Crippen LogP contribution in [0.3, 0.4) is 0 Å². The second kappa shape index (κ2) is 12.0. The van der Waals surface area contributed by atoms with Crippen LogP contribution in [0.1, 0.15) is 29.6 Å². The van der Waals surface area contributed by atoms with Crippen LogP contribution in [0.15, 0.2) is 103 Å². The SMILES string of the molecule is C=C/C(=C\C(=C/C)c1ncc(N)c(C(=C)c2nc3nccc(-c4cccs4)c3[nH]2)c1F)CNCc1ccccc1. The molecule has 4 heterocycles. The largest absolute Gasteiger partial charge is 0.397 e. The van der Waals surface area contributed by atoms with Crippen molar-refractivity contribution in [1.29, 1.82) is 0 Å². The number of nitrogens with one attached hydrogen (secondary N) is 2. The van der Waals surface area contributed by atoms with Crippen LogP contribution in [0.5, 0.6) is 0 Å². The molecule has 0 fully saturated rings. The highest BCUT2D eigenvalue weighted by Gasteiger charge is 2.21. The number of H-pyrrole nitrogens is 1. The van der Waals surface area contributed by atoms with Gasteiger partial charge in [0.15, 0.2) is 11.5 Å². The van der Waals surface area contributed by atoms with Gasteiger partial charge in [0.25, 0.3) is 0 Å². The maximum atomic E-state index is 16.1. The van der Waals surface area contributed by atoms with Gasteiger partial charge >= 0.3 is 0 Å². The number of hydrogen-bond acceptors (Lipinski definition) is 6. The van der Waals surface area contributed by atoms with Gasteiger partial charge in [0.1, 0.15) is 11.5 Å². The van der Waals surface area contributed by atoms with Crippen molar-refractivity contribution in [3.8, 4) is 10.4 Å². The van der Waals surface area contributed by atoms with E-state index in [1.54, 1.807) is 23.6 Å². The highest BCUT2D eigenvalue weighted by Crippen LogP contribution is 2.34. The highest BCUT2D eigenvalue weighted by atomic mass is 32.1. The van der Waals surface area contributed by atoms with E-state index in [4.69, 9.17) is 5.73 Å². The number of allylic oxidation sites excluding steroid dienone is 3. The van der Waals surface area contributed by atoms with Crippen molar-refractivity contribution in [2.45, 2.75) is 13.5 Å². The molecule has 6 nitrogen and oxygen atoms in total. The number of hydrogen-bond donors (Lipinski definition) is 3. The van der Waals surface area contributed by atoms with E-state index in [1.165, 1.54) is 11.8 Å². The number of nitrogens with zero attached hydrogens (tertiary/aromatic N) is 3. The lowest BCUT2D eigenvalue weighted by atomic mass is 10.00. The van der Waals surface area contributed by atoms with Crippen LogP contribution in [0.2, 0.25) is 0 Å². The Morgan fingerprint density at radius 1 is 1.15 bits per heavy atom. The average Bonchev–Trinajstić information content (AvgIpc) is 3.66. The standard InChI is InChI=1S/C32H29FN6S/c1-4-21(17-35-18-22-10-7-6-8-11-22)16-23(5-2)29-28(33)27(25(34)19-37-29)20(3)31-38-30-24(26-12-9-15-40-26)13-14-36-32(30)39-31/h4-16,19,35H,1,3,17-18,34H2,2H3,(H,36,38,39)/b21-16+,23-5+. The molecule has 0 aliphatic rings. The van der Waals surface area contributed by atoms with E-state index >= 15 is 4.39 Å². The molecule has 0 saturated carbocycles. The van der Waals surface area contributed by atoms with E-state index in [-0.39, 0.29) is 16.9 Å². The molecule has 0 saturated heterocycles. The summed E-state index contributed by atoms with van der Waals surface area (Å²) in [5.41, 5.74) is 12.0. The molecule has 0 aliphatic heterocycles. The maximum Gasteiger partial charge on any atom is 0.178 e. The summed E-state index contributed by atoms with van der Waals surface area (Å²) in [7, 11) is 0. The fourth-order valence-corrected chi connectivity index (χ4v) is 5.19. The zero-order valence-electron chi connectivity index (χ0n) is 22.1. The number of fused-ring (bicyclic) bond motifs is 1. The molecule has 0 amide bonds. The fraction of sp³-hybridized carbons (Fsp3) is 0.0938. The van der Waals surface area contributed by atoms with Gasteiger partial charge in [-0.25, -0.2) is 14.4 Å². The summed E-state index contributed by atoms with van der Waals surface area (Å²) in [4.78, 5) is 17.7. The van der Waals surface area contributed by atoms with Gasteiger partial charge < -0.3 is 16.0 Å². The molecular formula is C32H29FN6S. The van der Waals surface area contributed by atoms with Crippen molar-refractivity contribution in [1.82, 2.24) is 25.3 Å². The van der Waals surface area contributed by atoms with Crippen LogP contribution in [-0.2, 0) is 6.54 Å². The van der Waals surface area contributed by atoms with E-state index in [1.807, 2.05) is 60.9 Å². The number of anilines is 1. The van der Waals surface area contributed by atoms with Crippen LogP contribution in [0.25, 0.3) is 32.8 Å². The minimum absolute atomic E-state index is 0.150. The smallest absolute Gasteiger partial charge is 0.178 e. The molecule has 0 bridgehead atoms. The molecule has 5 rings (SSSR count). The second-order valence-electron chi connectivity index (χ2n) is 9.11. The fourth-order valence-electron chi connectivity index (χ4n) is 4.44. The summed E-state index contributed by atoms with van der Waals surface area (Å²) < 4.78 is 16.1. The van der Waals surface area contributed by atoms with Crippen molar-refractivity contribution >= 4 is 39.3 Å². The Balaban J connectivity index is 1.44. The molecular weight excluding hydrogens is 519 g/mol. The lowest BCUT2D eigenvalue weighted by molar-refractivity contribution is 0.614. The Morgan fingerprint density at radius 2 is 1.98 bits per heavy atom. The monoisotopic (exact) mass is 548 g/mol. The molecule has 0 unspecified atom stereocenters. The zero-order chi connectivity index (χ0) is 28.1. The van der Waals surface area contributed by atoms with Crippen molar-refractivity contribution in [2.75, 3.05) is 12.3 Å². The van der Waals surface area contributed by atoms with Gasteiger partial charge in [-0.3, -0.25) is 4.98 Å². The molecule has 8 heteroatoms. The lowest BCUT2D eigenvalue weighted by Crippen LogP contribution is -2.16. The first-order valence-electron chi connectivity index (χ1n) is 12.8. The topological polar surface area (TPSA) is 92.5 Å². The van der Waals surface area contributed by atoms with E-state index < -0.39 is 5.82 Å². The zero-order valence-corrected chi connectivity index (χ0v) is 22.9. The number of benzene rings is 1. The van der Waals surface area contributed by atoms with Gasteiger partial charge in [-0.1, -0.05) is 61.7 Å². The number of thiophene rings is 1. The predicted octanol–water partition coefficient (Wildman–Crippen LogP) is 7.17. The maximum absolute atomic E-state index is 16.1. The average molecular weight is 549 g/mol. The molecule has 0 radical (unpaired) electrons. The van der Waals surface area contributed by atoms with Crippen molar-refractivity contribution in [3.05, 3.63) is 132 Å². The molecule has 0 spiro atoms. The molecule has 0 atom stereocenters. The number of imidazole rings is 1. The first kappa shape index (κ1) is 26.9. The van der Waals surface area contributed by atoms with E-state index in [2.05, 4.69) is 50.5 Å². The molecule has 200 valence electrons. The second-order valence-corrected chi connectivity index (χ2v) is 10.1. The molecule has 0 aliphatic carbocycles. The normalized spacial score (nSPS) is 12.2. The number of halogens is 1.